The summed E-state index contributed by atoms with van der Waals surface area (Å²) in [5.74, 6) is 2.24. The summed E-state index contributed by atoms with van der Waals surface area (Å²) in [6.07, 6.45) is 6.80. The predicted octanol–water partition coefficient (Wildman–Crippen LogP) is 3.80. The van der Waals surface area contributed by atoms with Crippen molar-refractivity contribution in [3.63, 3.8) is 0 Å². The van der Waals surface area contributed by atoms with Crippen LogP contribution in [0.3, 0.4) is 0 Å². The molecule has 0 aromatic carbocycles. The monoisotopic (exact) mass is 268 g/mol. The van der Waals surface area contributed by atoms with E-state index in [0.29, 0.717) is 17.3 Å². The quantitative estimate of drug-likeness (QED) is 0.737. The van der Waals surface area contributed by atoms with Crippen molar-refractivity contribution in [2.45, 2.75) is 72.8 Å². The Labute approximate surface area is 120 Å². The summed E-state index contributed by atoms with van der Waals surface area (Å²) in [5, 5.41) is 3.76. The lowest BCUT2D eigenvalue weighted by atomic mass is 9.69. The van der Waals surface area contributed by atoms with Gasteiger partial charge in [0.15, 0.2) is 0 Å². The van der Waals surface area contributed by atoms with Crippen LogP contribution in [0.2, 0.25) is 0 Å². The summed E-state index contributed by atoms with van der Waals surface area (Å²) in [6.45, 7) is 13.7. The molecule has 2 heteroatoms. The van der Waals surface area contributed by atoms with Crippen molar-refractivity contribution in [3.05, 3.63) is 0 Å². The minimum Gasteiger partial charge on any atom is -0.330 e. The predicted molar refractivity (Wildman–Crippen MR) is 85.2 cm³/mol. The highest BCUT2D eigenvalue weighted by Crippen LogP contribution is 2.40. The summed E-state index contributed by atoms with van der Waals surface area (Å²) in [6, 6.07) is 0.733. The van der Waals surface area contributed by atoms with Crippen LogP contribution in [0.25, 0.3) is 0 Å². The molecule has 1 aliphatic rings. The lowest BCUT2D eigenvalue weighted by molar-refractivity contribution is 0.135. The molecule has 114 valence electrons. The molecular formula is C17H36N2. The molecule has 0 radical (unpaired) electrons. The zero-order valence-electron chi connectivity index (χ0n) is 13.8. The zero-order chi connectivity index (χ0) is 14.5. The molecule has 0 aromatic rings. The number of nitrogens with two attached hydrogens (primary N) is 1. The van der Waals surface area contributed by atoms with E-state index in [-0.39, 0.29) is 0 Å². The van der Waals surface area contributed by atoms with Gasteiger partial charge in [0.1, 0.15) is 0 Å². The average Bonchev–Trinajstić information content (AvgIpc) is 2.39. The van der Waals surface area contributed by atoms with E-state index in [1.54, 1.807) is 0 Å². The first kappa shape index (κ1) is 17.0. The van der Waals surface area contributed by atoms with Crippen molar-refractivity contribution in [2.24, 2.45) is 28.9 Å². The van der Waals surface area contributed by atoms with Crippen molar-refractivity contribution < 1.29 is 0 Å². The molecule has 0 spiro atoms. The van der Waals surface area contributed by atoms with Gasteiger partial charge in [-0.15, -0.1) is 0 Å². The van der Waals surface area contributed by atoms with E-state index in [1.807, 2.05) is 0 Å². The third kappa shape index (κ3) is 5.07. The minimum absolute atomic E-state index is 0.530. The second kappa shape index (κ2) is 7.64. The molecule has 0 amide bonds. The second-order valence-electron chi connectivity index (χ2n) is 7.54. The van der Waals surface area contributed by atoms with E-state index >= 15 is 0 Å². The average molecular weight is 268 g/mol. The van der Waals surface area contributed by atoms with Gasteiger partial charge in [-0.1, -0.05) is 41.0 Å². The van der Waals surface area contributed by atoms with E-state index < -0.39 is 0 Å². The van der Waals surface area contributed by atoms with Crippen LogP contribution < -0.4 is 11.1 Å². The highest BCUT2D eigenvalue weighted by atomic mass is 14.9. The van der Waals surface area contributed by atoms with Crippen LogP contribution in [0.5, 0.6) is 0 Å². The molecule has 1 saturated carbocycles. The fraction of sp³-hybridized carbons (Fsp3) is 1.00. The number of hydrogen-bond acceptors (Lipinski definition) is 2. The molecule has 19 heavy (non-hydrogen) atoms. The summed E-state index contributed by atoms with van der Waals surface area (Å²) in [5.41, 5.74) is 6.38. The van der Waals surface area contributed by atoms with Gasteiger partial charge in [0.2, 0.25) is 0 Å². The van der Waals surface area contributed by atoms with Crippen molar-refractivity contribution in [3.8, 4) is 0 Å². The van der Waals surface area contributed by atoms with Gasteiger partial charge in [0.25, 0.3) is 0 Å². The summed E-state index contributed by atoms with van der Waals surface area (Å²) >= 11 is 0. The van der Waals surface area contributed by atoms with Crippen molar-refractivity contribution in [1.29, 1.82) is 0 Å². The zero-order valence-corrected chi connectivity index (χ0v) is 13.8. The van der Waals surface area contributed by atoms with Gasteiger partial charge in [-0.25, -0.2) is 0 Å². The van der Waals surface area contributed by atoms with E-state index in [2.05, 4.69) is 39.9 Å². The normalized spacial score (nSPS) is 26.7. The molecule has 0 bridgehead atoms. The molecule has 1 aliphatic carbocycles. The molecule has 1 rings (SSSR count). The Balaban J connectivity index is 2.31. The van der Waals surface area contributed by atoms with Gasteiger partial charge in [-0.3, -0.25) is 0 Å². The van der Waals surface area contributed by atoms with Crippen LogP contribution in [0.4, 0.5) is 0 Å². The van der Waals surface area contributed by atoms with Crippen LogP contribution in [0.15, 0.2) is 0 Å². The molecule has 3 N–H and O–H groups in total. The van der Waals surface area contributed by atoms with Crippen LogP contribution in [0, 0.1) is 23.2 Å². The van der Waals surface area contributed by atoms with Crippen LogP contribution >= 0.6 is 0 Å². The van der Waals surface area contributed by atoms with Crippen molar-refractivity contribution in [2.75, 3.05) is 13.1 Å². The molecule has 0 saturated heterocycles. The van der Waals surface area contributed by atoms with Gasteiger partial charge >= 0.3 is 0 Å². The Morgan fingerprint density at radius 1 is 1.16 bits per heavy atom. The molecule has 1 unspecified atom stereocenters. The standard InChI is InChI=1S/C17H36N2/c1-6-17(4,5)15-7-9-16(10-8-15)19-12-14(11-18)13(2)3/h13-16,19H,6-12,18H2,1-5H3. The van der Waals surface area contributed by atoms with E-state index in [4.69, 9.17) is 5.73 Å². The third-order valence-corrected chi connectivity index (χ3v) is 5.66. The number of hydrogen-bond donors (Lipinski definition) is 2. The molecule has 2 nitrogen and oxygen atoms in total. The first-order valence-corrected chi connectivity index (χ1v) is 8.34. The SMILES string of the molecule is CCC(C)(C)C1CCC(NCC(CN)C(C)C)CC1. The molecular weight excluding hydrogens is 232 g/mol. The van der Waals surface area contributed by atoms with Crippen molar-refractivity contribution in [1.82, 2.24) is 5.32 Å². The summed E-state index contributed by atoms with van der Waals surface area (Å²) < 4.78 is 0. The van der Waals surface area contributed by atoms with Crippen LogP contribution in [0.1, 0.15) is 66.7 Å². The van der Waals surface area contributed by atoms with Crippen molar-refractivity contribution >= 4 is 0 Å². The minimum atomic E-state index is 0.530. The van der Waals surface area contributed by atoms with Crippen LogP contribution in [-0.2, 0) is 0 Å². The summed E-state index contributed by atoms with van der Waals surface area (Å²) in [7, 11) is 0. The maximum atomic E-state index is 5.85. The van der Waals surface area contributed by atoms with Crippen LogP contribution in [-0.4, -0.2) is 19.1 Å². The highest BCUT2D eigenvalue weighted by Gasteiger charge is 2.31. The Morgan fingerprint density at radius 2 is 1.74 bits per heavy atom. The second-order valence-corrected chi connectivity index (χ2v) is 7.54. The van der Waals surface area contributed by atoms with Gasteiger partial charge in [0, 0.05) is 6.04 Å². The Kier molecular flexibility index (Phi) is 6.82. The lowest BCUT2D eigenvalue weighted by Crippen LogP contribution is -2.41. The number of nitrogens with one attached hydrogen (secondary N) is 1. The maximum absolute atomic E-state index is 5.85. The number of rotatable bonds is 7. The van der Waals surface area contributed by atoms with Gasteiger partial charge in [-0.05, 0) is 61.9 Å². The topological polar surface area (TPSA) is 38.0 Å². The van der Waals surface area contributed by atoms with E-state index in [0.717, 1.165) is 25.0 Å². The first-order chi connectivity index (χ1) is 8.90. The fourth-order valence-corrected chi connectivity index (χ4v) is 3.28. The smallest absolute Gasteiger partial charge is 0.00674 e. The van der Waals surface area contributed by atoms with Gasteiger partial charge in [0.05, 0.1) is 0 Å². The molecule has 0 aliphatic heterocycles. The Bertz CT molecular complexity index is 240. The highest BCUT2D eigenvalue weighted by molar-refractivity contribution is 4.85. The summed E-state index contributed by atoms with van der Waals surface area (Å²) in [4.78, 5) is 0. The van der Waals surface area contributed by atoms with Gasteiger partial charge < -0.3 is 11.1 Å². The molecule has 0 aromatic heterocycles. The van der Waals surface area contributed by atoms with E-state index in [9.17, 15) is 0 Å². The van der Waals surface area contributed by atoms with E-state index in [1.165, 1.54) is 32.1 Å². The largest absolute Gasteiger partial charge is 0.330 e. The third-order valence-electron chi connectivity index (χ3n) is 5.66. The Morgan fingerprint density at radius 3 is 2.16 bits per heavy atom. The lowest BCUT2D eigenvalue weighted by Gasteiger charge is -2.39. The Hall–Kier alpha value is -0.0800. The maximum Gasteiger partial charge on any atom is 0.00674 e. The fourth-order valence-electron chi connectivity index (χ4n) is 3.28. The molecule has 0 heterocycles. The first-order valence-electron chi connectivity index (χ1n) is 8.34. The molecule has 1 atom stereocenters. The van der Waals surface area contributed by atoms with Gasteiger partial charge in [-0.2, -0.15) is 0 Å². The molecule has 1 fully saturated rings.